The Bertz CT molecular complexity index is 664. The molecule has 2 spiro atoms. The third-order valence-corrected chi connectivity index (χ3v) is 7.51. The Morgan fingerprint density at radius 1 is 1.22 bits per heavy atom. The zero-order valence-corrected chi connectivity index (χ0v) is 13.5. The first kappa shape index (κ1) is 14.4. The smallest absolute Gasteiger partial charge is 0.139 e. The molecule has 1 saturated heterocycles. The van der Waals surface area contributed by atoms with Crippen molar-refractivity contribution in [2.24, 2.45) is 11.3 Å². The third kappa shape index (κ3) is 1.51. The molecule has 23 heavy (non-hydrogen) atoms. The van der Waals surface area contributed by atoms with E-state index in [1.165, 1.54) is 0 Å². The van der Waals surface area contributed by atoms with Crippen molar-refractivity contribution in [3.8, 4) is 0 Å². The van der Waals surface area contributed by atoms with Gasteiger partial charge in [-0.1, -0.05) is 19.1 Å². The number of hydrogen-bond donors (Lipinski definition) is 2. The van der Waals surface area contributed by atoms with E-state index in [1.807, 2.05) is 0 Å². The largest absolute Gasteiger partial charge is 0.390 e. The maximum Gasteiger partial charge on any atom is 0.139 e. The zero-order valence-electron chi connectivity index (χ0n) is 13.5. The van der Waals surface area contributed by atoms with Crippen LogP contribution in [0.25, 0.3) is 0 Å². The Kier molecular flexibility index (Phi) is 2.60. The van der Waals surface area contributed by atoms with Crippen LogP contribution in [0, 0.1) is 11.3 Å². The summed E-state index contributed by atoms with van der Waals surface area (Å²) in [4.78, 5) is 12.5. The Labute approximate surface area is 136 Å². The first-order valence-corrected chi connectivity index (χ1v) is 8.94. The van der Waals surface area contributed by atoms with Crippen molar-refractivity contribution in [1.82, 2.24) is 0 Å². The van der Waals surface area contributed by atoms with Gasteiger partial charge in [-0.05, 0) is 49.7 Å². The van der Waals surface area contributed by atoms with Gasteiger partial charge in [0.25, 0.3) is 0 Å². The van der Waals surface area contributed by atoms with Crippen LogP contribution in [0.3, 0.4) is 0 Å². The SMILES string of the molecule is CC12CC=C3C=C4[C@@H](O)C(O)CC[C@]45CC[C@]3(O5)[C@@H]1CCC2=O. The molecule has 2 aliphatic heterocycles. The van der Waals surface area contributed by atoms with Crippen LogP contribution >= 0.6 is 0 Å². The van der Waals surface area contributed by atoms with Gasteiger partial charge in [-0.25, -0.2) is 0 Å². The van der Waals surface area contributed by atoms with Crippen LogP contribution in [0.4, 0.5) is 0 Å². The van der Waals surface area contributed by atoms with Crippen molar-refractivity contribution in [3.05, 3.63) is 23.3 Å². The van der Waals surface area contributed by atoms with Gasteiger partial charge in [-0.2, -0.15) is 0 Å². The van der Waals surface area contributed by atoms with Crippen LogP contribution in [0.5, 0.6) is 0 Å². The highest BCUT2D eigenvalue weighted by atomic mass is 16.5. The summed E-state index contributed by atoms with van der Waals surface area (Å²) in [6.07, 6.45) is 8.27. The summed E-state index contributed by atoms with van der Waals surface area (Å²) in [5.41, 5.74) is 0.965. The number of ketones is 1. The minimum absolute atomic E-state index is 0.253. The molecule has 2 bridgehead atoms. The highest BCUT2D eigenvalue weighted by molar-refractivity contribution is 5.88. The predicted molar refractivity (Wildman–Crippen MR) is 83.6 cm³/mol. The molecule has 0 radical (unpaired) electrons. The number of carbonyl (C=O) groups excluding carboxylic acids is 1. The maximum atomic E-state index is 12.5. The van der Waals surface area contributed by atoms with Crippen LogP contribution in [-0.4, -0.2) is 39.4 Å². The topological polar surface area (TPSA) is 66.8 Å². The zero-order chi connectivity index (χ0) is 16.0. The van der Waals surface area contributed by atoms with Gasteiger partial charge < -0.3 is 14.9 Å². The lowest BCUT2D eigenvalue weighted by molar-refractivity contribution is -0.156. The normalized spacial score (nSPS) is 54.0. The minimum atomic E-state index is -0.820. The quantitative estimate of drug-likeness (QED) is 0.718. The fourth-order valence-corrected chi connectivity index (χ4v) is 6.17. The Balaban J connectivity index is 1.67. The predicted octanol–water partition coefficient (Wildman–Crippen LogP) is 2.05. The number of ether oxygens (including phenoxy) is 1. The fourth-order valence-electron chi connectivity index (χ4n) is 6.17. The Hall–Kier alpha value is -0.970. The average molecular weight is 316 g/mol. The van der Waals surface area contributed by atoms with Gasteiger partial charge in [0, 0.05) is 17.8 Å². The molecule has 2 unspecified atom stereocenters. The second kappa shape index (κ2) is 4.16. The van der Waals surface area contributed by atoms with Gasteiger partial charge in [-0.3, -0.25) is 4.79 Å². The second-order valence-corrected chi connectivity index (χ2v) is 8.43. The highest BCUT2D eigenvalue weighted by Gasteiger charge is 2.67. The van der Waals surface area contributed by atoms with Crippen molar-refractivity contribution in [3.63, 3.8) is 0 Å². The van der Waals surface area contributed by atoms with E-state index in [0.717, 1.165) is 43.3 Å². The number of rotatable bonds is 0. The maximum absolute atomic E-state index is 12.5. The van der Waals surface area contributed by atoms with Crippen molar-refractivity contribution in [2.45, 2.75) is 75.3 Å². The Morgan fingerprint density at radius 3 is 2.87 bits per heavy atom. The molecule has 2 heterocycles. The lowest BCUT2D eigenvalue weighted by atomic mass is 9.61. The van der Waals surface area contributed by atoms with E-state index < -0.39 is 17.8 Å². The summed E-state index contributed by atoms with van der Waals surface area (Å²) >= 11 is 0. The third-order valence-electron chi connectivity index (χ3n) is 7.51. The van der Waals surface area contributed by atoms with Gasteiger partial charge in [0.2, 0.25) is 0 Å². The number of Topliss-reactive ketones (excluding diaryl/α,β-unsaturated/α-hetero) is 1. The monoisotopic (exact) mass is 316 g/mol. The first-order chi connectivity index (χ1) is 10.9. The fraction of sp³-hybridized carbons (Fsp3) is 0.737. The average Bonchev–Trinajstić information content (AvgIpc) is 3.01. The molecule has 2 N–H and O–H groups in total. The molecule has 124 valence electrons. The van der Waals surface area contributed by atoms with Gasteiger partial charge in [-0.15, -0.1) is 0 Å². The van der Waals surface area contributed by atoms with Crippen molar-refractivity contribution < 1.29 is 19.7 Å². The Morgan fingerprint density at radius 2 is 2.04 bits per heavy atom. The number of allylic oxidation sites excluding steroid dienone is 1. The molecule has 0 aromatic rings. The van der Waals surface area contributed by atoms with Gasteiger partial charge in [0.1, 0.15) is 11.9 Å². The van der Waals surface area contributed by atoms with Crippen LogP contribution in [-0.2, 0) is 9.53 Å². The van der Waals surface area contributed by atoms with E-state index in [0.29, 0.717) is 18.6 Å². The van der Waals surface area contributed by atoms with Gasteiger partial charge in [0.05, 0.1) is 17.3 Å². The number of aliphatic hydroxyl groups excluding tert-OH is 2. The van der Waals surface area contributed by atoms with E-state index in [-0.39, 0.29) is 16.9 Å². The molecule has 2 saturated carbocycles. The van der Waals surface area contributed by atoms with Gasteiger partial charge >= 0.3 is 0 Å². The van der Waals surface area contributed by atoms with Gasteiger partial charge in [0.15, 0.2) is 0 Å². The van der Waals surface area contributed by atoms with Crippen molar-refractivity contribution in [2.75, 3.05) is 0 Å². The molecule has 0 amide bonds. The molecule has 0 aromatic carbocycles. The molecule has 3 fully saturated rings. The van der Waals surface area contributed by atoms with E-state index >= 15 is 0 Å². The number of aliphatic hydroxyl groups is 2. The first-order valence-electron chi connectivity index (χ1n) is 8.94. The summed E-state index contributed by atoms with van der Waals surface area (Å²) in [7, 11) is 0. The van der Waals surface area contributed by atoms with E-state index in [2.05, 4.69) is 19.1 Å². The molecule has 5 aliphatic rings. The summed E-state index contributed by atoms with van der Waals surface area (Å²) in [5.74, 6) is 0.634. The molecule has 6 atom stereocenters. The molecule has 4 nitrogen and oxygen atoms in total. The summed E-state index contributed by atoms with van der Waals surface area (Å²) in [5, 5.41) is 20.5. The molecule has 3 aliphatic carbocycles. The van der Waals surface area contributed by atoms with Crippen molar-refractivity contribution >= 4 is 5.78 Å². The minimum Gasteiger partial charge on any atom is -0.390 e. The standard InChI is InChI=1S/C19H24O4/c1-17-6-4-11-10-12-16(22)13(20)5-7-18(12)8-9-19(11,23-18)14(17)2-3-15(17)21/h4,10,13-14,16,20,22H,2-3,5-9H2,1H3/t13?,14-,16-,17?,18+,19-/m1/s1. The number of hydrogen-bond acceptors (Lipinski definition) is 4. The molecule has 4 heteroatoms. The molecule has 5 rings (SSSR count). The second-order valence-electron chi connectivity index (χ2n) is 8.43. The van der Waals surface area contributed by atoms with Crippen LogP contribution in [0.15, 0.2) is 23.3 Å². The molecular formula is C19H24O4. The highest BCUT2D eigenvalue weighted by Crippen LogP contribution is 2.65. The molecule has 0 aromatic heterocycles. The summed E-state index contributed by atoms with van der Waals surface area (Å²) < 4.78 is 6.77. The lowest BCUT2D eigenvalue weighted by Crippen LogP contribution is -2.56. The van der Waals surface area contributed by atoms with E-state index in [1.54, 1.807) is 0 Å². The lowest BCUT2D eigenvalue weighted by Gasteiger charge is -2.53. The number of fused-ring (bicyclic) bond motifs is 1. The summed E-state index contributed by atoms with van der Waals surface area (Å²) in [6, 6.07) is 0. The molecular weight excluding hydrogens is 292 g/mol. The number of carbonyl (C=O) groups is 1. The van der Waals surface area contributed by atoms with Crippen LogP contribution in [0.1, 0.15) is 51.9 Å². The van der Waals surface area contributed by atoms with E-state index in [4.69, 9.17) is 4.74 Å². The van der Waals surface area contributed by atoms with Crippen LogP contribution in [0.2, 0.25) is 0 Å². The van der Waals surface area contributed by atoms with Crippen LogP contribution < -0.4 is 0 Å². The van der Waals surface area contributed by atoms with Crippen molar-refractivity contribution in [1.29, 1.82) is 0 Å². The van der Waals surface area contributed by atoms with E-state index in [9.17, 15) is 15.0 Å². The summed E-state index contributed by atoms with van der Waals surface area (Å²) in [6.45, 7) is 2.11.